The number of allylic oxidation sites excluding steroid dienone is 6. The fourth-order valence-corrected chi connectivity index (χ4v) is 9.62. The number of carbonyl (C=O) groups excluding carboxylic acids is 3. The largest absolute Gasteiger partial charge is 0.387 e. The first-order chi connectivity index (χ1) is 35.8. The molecule has 0 fully saturated rings. The van der Waals surface area contributed by atoms with Gasteiger partial charge in [-0.25, -0.2) is 0 Å². The van der Waals surface area contributed by atoms with Gasteiger partial charge in [-0.1, -0.05) is 178 Å². The van der Waals surface area contributed by atoms with Crippen LogP contribution in [-0.4, -0.2) is 39.1 Å². The molecule has 5 N–H and O–H groups in total. The van der Waals surface area contributed by atoms with E-state index < -0.39 is 0 Å². The van der Waals surface area contributed by atoms with Crippen molar-refractivity contribution in [2.24, 2.45) is 35.5 Å². The minimum Gasteiger partial charge on any atom is -0.387 e. The minimum absolute atomic E-state index is 0.00370. The molecule has 0 saturated carbocycles. The average molecular weight is 1060 g/mol. The van der Waals surface area contributed by atoms with Gasteiger partial charge in [-0.15, -0.1) is 0 Å². The van der Waals surface area contributed by atoms with Gasteiger partial charge in [-0.3, -0.25) is 29.0 Å². The third kappa shape index (κ3) is 22.7. The first-order valence-electron chi connectivity index (χ1n) is 28.9. The first-order valence-corrected chi connectivity index (χ1v) is 28.9. The van der Waals surface area contributed by atoms with Gasteiger partial charge in [0, 0.05) is 77.1 Å². The summed E-state index contributed by atoms with van der Waals surface area (Å²) in [5.74, 6) is 5.29. The molecule has 0 aromatic carbocycles. The van der Waals surface area contributed by atoms with Gasteiger partial charge in [0.15, 0.2) is 11.2 Å². The fraction of sp³-hybridized carbons (Fsp3) is 0.606. The van der Waals surface area contributed by atoms with Crippen molar-refractivity contribution in [3.63, 3.8) is 0 Å². The average Bonchev–Trinajstić information content (AvgIpc) is 3.34. The van der Waals surface area contributed by atoms with E-state index in [1.54, 1.807) is 23.9 Å². The molecule has 0 unspecified atom stereocenters. The third-order valence-corrected chi connectivity index (χ3v) is 13.6. The highest BCUT2D eigenvalue weighted by atomic mass is 16.2. The maximum atomic E-state index is 11.6. The Balaban J connectivity index is 0.000000462. The lowest BCUT2D eigenvalue weighted by Gasteiger charge is -2.26. The number of hydrogen-bond acceptors (Lipinski definition) is 7. The van der Waals surface area contributed by atoms with Gasteiger partial charge in [0.05, 0.1) is 6.42 Å². The lowest BCUT2D eigenvalue weighted by molar-refractivity contribution is -0.127. The monoisotopic (exact) mass is 1060 g/mol. The number of nitrogens with one attached hydrogen (secondary N) is 5. The molecular weight excluding hydrogens is 957 g/mol. The van der Waals surface area contributed by atoms with E-state index in [1.807, 2.05) is 46.0 Å². The van der Waals surface area contributed by atoms with Crippen LogP contribution in [0.3, 0.4) is 0 Å². The molecular formula is C66H106N6O5. The maximum Gasteiger partial charge on any atom is 0.248 e. The molecule has 11 nitrogen and oxygen atoms in total. The third-order valence-electron chi connectivity index (χ3n) is 13.6. The lowest BCUT2D eigenvalue weighted by atomic mass is 9.88. The van der Waals surface area contributed by atoms with Gasteiger partial charge in [-0.05, 0) is 124 Å². The molecule has 0 aliphatic carbocycles. The van der Waals surface area contributed by atoms with Gasteiger partial charge in [-0.2, -0.15) is 0 Å². The SMILES string of the molecule is CC(C)C1=C(C(C)C)C(=O)CC(=O)N1.CC(C)C1=C(C(C)C)CNC=C1.CC(C)C1=C(C(C)C)NC(=O)CC1.CC(C)c1[nH]ccc(=O)c1C(C)C.CC(C)c1ccc(=O)[nH]c1C(C)C.CC(C)c1cccnc1C(C)C. The van der Waals surface area contributed by atoms with Crippen LogP contribution in [0.1, 0.15) is 255 Å². The molecule has 3 aliphatic heterocycles. The second-order valence-corrected chi connectivity index (χ2v) is 24.4. The van der Waals surface area contributed by atoms with E-state index in [1.165, 1.54) is 28.0 Å². The van der Waals surface area contributed by atoms with Crippen LogP contribution >= 0.6 is 0 Å². The molecule has 0 saturated heterocycles. The summed E-state index contributed by atoms with van der Waals surface area (Å²) < 4.78 is 0. The zero-order valence-electron chi connectivity index (χ0n) is 52.4. The molecule has 0 atom stereocenters. The number of hydrogen-bond donors (Lipinski definition) is 5. The first kappa shape index (κ1) is 69.4. The predicted molar refractivity (Wildman–Crippen MR) is 325 cm³/mol. The van der Waals surface area contributed by atoms with E-state index in [0.29, 0.717) is 65.6 Å². The molecule has 2 amide bonds. The summed E-state index contributed by atoms with van der Waals surface area (Å²) >= 11 is 0. The van der Waals surface area contributed by atoms with E-state index in [0.717, 1.165) is 46.9 Å². The number of dihydropyridines is 1. The van der Waals surface area contributed by atoms with Crippen molar-refractivity contribution < 1.29 is 14.4 Å². The summed E-state index contributed by atoms with van der Waals surface area (Å²) in [6.45, 7) is 52.2. The number of carbonyl (C=O) groups is 3. The van der Waals surface area contributed by atoms with Crippen LogP contribution in [-0.2, 0) is 14.4 Å². The number of H-pyrrole nitrogens is 2. The molecule has 3 aromatic heterocycles. The molecule has 77 heavy (non-hydrogen) atoms. The normalized spacial score (nSPS) is 14.7. The van der Waals surface area contributed by atoms with Crippen molar-refractivity contribution in [3.8, 4) is 0 Å². The molecule has 6 heterocycles. The number of ketones is 1. The topological polar surface area (TPSA) is 166 Å². The summed E-state index contributed by atoms with van der Waals surface area (Å²) in [6.07, 6.45) is 9.47. The highest BCUT2D eigenvalue weighted by Gasteiger charge is 2.28. The zero-order chi connectivity index (χ0) is 59.2. The van der Waals surface area contributed by atoms with Crippen molar-refractivity contribution in [2.75, 3.05) is 6.54 Å². The van der Waals surface area contributed by atoms with Crippen molar-refractivity contribution >= 4 is 17.6 Å². The van der Waals surface area contributed by atoms with Gasteiger partial charge in [0.2, 0.25) is 17.4 Å². The van der Waals surface area contributed by atoms with Gasteiger partial charge in [0.25, 0.3) is 0 Å². The second-order valence-electron chi connectivity index (χ2n) is 24.4. The summed E-state index contributed by atoms with van der Waals surface area (Å²) in [4.78, 5) is 67.2. The second kappa shape index (κ2) is 33.7. The van der Waals surface area contributed by atoms with Crippen LogP contribution in [0.5, 0.6) is 0 Å². The van der Waals surface area contributed by atoms with E-state index >= 15 is 0 Å². The van der Waals surface area contributed by atoms with Crippen LogP contribution in [0.4, 0.5) is 0 Å². The molecule has 430 valence electrons. The van der Waals surface area contributed by atoms with E-state index in [2.05, 4.69) is 188 Å². The highest BCUT2D eigenvalue weighted by Crippen LogP contribution is 2.29. The lowest BCUT2D eigenvalue weighted by Crippen LogP contribution is -2.36. The Morgan fingerprint density at radius 3 is 1.47 bits per heavy atom. The van der Waals surface area contributed by atoms with E-state index in [-0.39, 0.29) is 46.8 Å². The summed E-state index contributed by atoms with van der Waals surface area (Å²) in [5.41, 5.74) is 14.3. The molecule has 6 rings (SSSR count). The molecule has 3 aromatic rings. The number of pyridine rings is 3. The molecule has 3 aliphatic rings. The van der Waals surface area contributed by atoms with E-state index in [9.17, 15) is 24.0 Å². The fourth-order valence-electron chi connectivity index (χ4n) is 9.62. The Labute approximate surface area is 467 Å². The number of rotatable bonds is 12. The predicted octanol–water partition coefficient (Wildman–Crippen LogP) is 15.4. The van der Waals surface area contributed by atoms with Crippen molar-refractivity contribution in [3.05, 3.63) is 143 Å². The van der Waals surface area contributed by atoms with Crippen molar-refractivity contribution in [2.45, 2.75) is 221 Å². The Hall–Kier alpha value is -5.58. The van der Waals surface area contributed by atoms with Gasteiger partial charge in [0.1, 0.15) is 0 Å². The Bertz CT molecular complexity index is 2560. The van der Waals surface area contributed by atoms with Gasteiger partial charge >= 0.3 is 0 Å². The maximum absolute atomic E-state index is 11.6. The Morgan fingerprint density at radius 1 is 0.481 bits per heavy atom. The Kier molecular flexibility index (Phi) is 30.3. The van der Waals surface area contributed by atoms with Crippen LogP contribution in [0.15, 0.2) is 98.3 Å². The number of aromatic amines is 2. The van der Waals surface area contributed by atoms with Gasteiger partial charge < -0.3 is 25.9 Å². The quantitative estimate of drug-likeness (QED) is 0.113. The minimum atomic E-state index is -0.178. The van der Waals surface area contributed by atoms with Crippen LogP contribution in [0, 0.1) is 35.5 Å². The van der Waals surface area contributed by atoms with Crippen LogP contribution in [0.25, 0.3) is 0 Å². The summed E-state index contributed by atoms with van der Waals surface area (Å²) in [6, 6.07) is 9.31. The van der Waals surface area contributed by atoms with E-state index in [4.69, 9.17) is 0 Å². The highest BCUT2D eigenvalue weighted by molar-refractivity contribution is 6.10. The number of aromatic nitrogens is 3. The number of amides is 2. The standard InChI is InChI=1S/C11H17NO2.C11H17NO.C11H19NO.C11H17NO.C11H19N.C11H17N/c1-6(2)10-8(13)5-9(14)12-11(10)7(3)4;1-7(2)10-9(13)5-6-12-11(10)8(3)4;2*1-7(2)9-5-6-10(13)12-11(9)8(3)4;1-8(2)10-5-6-12-7-11(10)9(3)4;1-8(2)10-6-5-7-12-11(10)9(3)4/h6-7H,5H2,1-4H3,(H,12,14);5-8H,1-4H3,(H,12,13);7-8H,5-6H2,1-4H3,(H,12,13);5-8H,1-4H3,(H,12,13);5-6,8-9,12H,7H2,1-4H3;5-9H,1-4H3. The molecule has 0 spiro atoms. The molecule has 11 heteroatoms. The smallest absolute Gasteiger partial charge is 0.248 e. The van der Waals surface area contributed by atoms with Crippen molar-refractivity contribution in [1.29, 1.82) is 0 Å². The number of nitrogens with zero attached hydrogens (tertiary/aromatic N) is 1. The Morgan fingerprint density at radius 2 is 1.04 bits per heavy atom. The number of Topliss-reactive ketones (excluding diaryl/α,β-unsaturated/α-hetero) is 1. The molecule has 0 radical (unpaired) electrons. The molecule has 0 bridgehead atoms. The van der Waals surface area contributed by atoms with Crippen molar-refractivity contribution in [1.82, 2.24) is 30.9 Å². The summed E-state index contributed by atoms with van der Waals surface area (Å²) in [5, 5.41) is 9.05. The summed E-state index contributed by atoms with van der Waals surface area (Å²) in [7, 11) is 0. The zero-order valence-corrected chi connectivity index (χ0v) is 52.4. The van der Waals surface area contributed by atoms with Crippen LogP contribution in [0.2, 0.25) is 0 Å². The van der Waals surface area contributed by atoms with Crippen LogP contribution < -0.4 is 26.9 Å².